The van der Waals surface area contributed by atoms with Gasteiger partial charge < -0.3 is 10.4 Å². The Morgan fingerprint density at radius 2 is 2.46 bits per heavy atom. The van der Waals surface area contributed by atoms with Gasteiger partial charge in [0, 0.05) is 13.1 Å². The van der Waals surface area contributed by atoms with E-state index >= 15 is 0 Å². The first-order valence-corrected chi connectivity index (χ1v) is 4.41. The van der Waals surface area contributed by atoms with E-state index < -0.39 is 12.0 Å². The molecule has 0 aromatic rings. The van der Waals surface area contributed by atoms with Gasteiger partial charge in [0.2, 0.25) is 0 Å². The molecule has 0 saturated carbocycles. The Hall–Kier alpha value is -1.07. The van der Waals surface area contributed by atoms with Crippen LogP contribution in [-0.2, 0) is 4.79 Å². The van der Waals surface area contributed by atoms with Crippen molar-refractivity contribution in [2.75, 3.05) is 13.1 Å². The summed E-state index contributed by atoms with van der Waals surface area (Å²) >= 11 is 0. The van der Waals surface area contributed by atoms with Crippen LogP contribution < -0.4 is 10.6 Å². The monoisotopic (exact) mass is 183 g/mol. The lowest BCUT2D eigenvalue weighted by molar-refractivity contribution is -0.141. The maximum atomic E-state index is 10.7. The van der Waals surface area contributed by atoms with Crippen molar-refractivity contribution in [1.29, 1.82) is 0 Å². The van der Waals surface area contributed by atoms with Crippen LogP contribution in [0.1, 0.15) is 6.42 Å². The second-order valence-electron chi connectivity index (χ2n) is 3.31. The Kier molecular flexibility index (Phi) is 2.20. The number of nitrogens with zero attached hydrogens (tertiary/aromatic N) is 1. The van der Waals surface area contributed by atoms with Crippen molar-refractivity contribution in [2.24, 2.45) is 0 Å². The van der Waals surface area contributed by atoms with Crippen LogP contribution in [0.3, 0.4) is 0 Å². The molecule has 3 N–H and O–H groups in total. The highest BCUT2D eigenvalue weighted by atomic mass is 16.4. The highest BCUT2D eigenvalue weighted by molar-refractivity contribution is 5.73. The summed E-state index contributed by atoms with van der Waals surface area (Å²) in [4.78, 5) is 12.9. The van der Waals surface area contributed by atoms with Crippen molar-refractivity contribution < 1.29 is 9.90 Å². The third-order valence-electron chi connectivity index (χ3n) is 2.44. The van der Waals surface area contributed by atoms with E-state index in [2.05, 4.69) is 15.5 Å². The van der Waals surface area contributed by atoms with E-state index in [-0.39, 0.29) is 6.29 Å². The van der Waals surface area contributed by atoms with Crippen molar-refractivity contribution in [3.05, 3.63) is 12.3 Å². The largest absolute Gasteiger partial charge is 0.480 e. The molecule has 2 aliphatic heterocycles. The van der Waals surface area contributed by atoms with Gasteiger partial charge in [-0.1, -0.05) is 6.08 Å². The number of carboxylic acids is 1. The van der Waals surface area contributed by atoms with Crippen molar-refractivity contribution in [3.8, 4) is 0 Å². The molecule has 0 amide bonds. The Morgan fingerprint density at radius 3 is 3.23 bits per heavy atom. The molecule has 13 heavy (non-hydrogen) atoms. The normalized spacial score (nSPS) is 33.5. The fourth-order valence-corrected chi connectivity index (χ4v) is 1.70. The maximum absolute atomic E-state index is 10.7. The number of rotatable bonds is 1. The van der Waals surface area contributed by atoms with Crippen molar-refractivity contribution in [2.45, 2.75) is 18.8 Å². The number of hydrogen-bond donors (Lipinski definition) is 3. The molecule has 0 bridgehead atoms. The van der Waals surface area contributed by atoms with Crippen molar-refractivity contribution >= 4 is 5.97 Å². The van der Waals surface area contributed by atoms with E-state index in [1.165, 1.54) is 0 Å². The highest BCUT2D eigenvalue weighted by Gasteiger charge is 2.31. The lowest BCUT2D eigenvalue weighted by Crippen LogP contribution is -2.64. The molecule has 5 nitrogen and oxygen atoms in total. The molecule has 1 saturated heterocycles. The van der Waals surface area contributed by atoms with Crippen LogP contribution in [0.4, 0.5) is 0 Å². The Labute approximate surface area is 76.4 Å². The van der Waals surface area contributed by atoms with Crippen molar-refractivity contribution in [1.82, 2.24) is 15.5 Å². The molecule has 5 heteroatoms. The van der Waals surface area contributed by atoms with Gasteiger partial charge in [-0.3, -0.25) is 15.0 Å². The molecular weight excluding hydrogens is 170 g/mol. The summed E-state index contributed by atoms with van der Waals surface area (Å²) in [6.45, 7) is 1.71. The second kappa shape index (κ2) is 3.35. The number of nitrogens with one attached hydrogen (secondary N) is 2. The lowest BCUT2D eigenvalue weighted by Gasteiger charge is -2.40. The van der Waals surface area contributed by atoms with Crippen LogP contribution in [0.25, 0.3) is 0 Å². The van der Waals surface area contributed by atoms with Gasteiger partial charge in [-0.15, -0.1) is 0 Å². The van der Waals surface area contributed by atoms with Gasteiger partial charge in [0.15, 0.2) is 0 Å². The van der Waals surface area contributed by atoms with E-state index in [0.29, 0.717) is 6.42 Å². The molecule has 2 atom stereocenters. The molecule has 2 unspecified atom stereocenters. The Balaban J connectivity index is 1.99. The summed E-state index contributed by atoms with van der Waals surface area (Å²) in [5, 5.41) is 14.9. The highest BCUT2D eigenvalue weighted by Crippen LogP contribution is 2.10. The molecule has 0 aromatic heterocycles. The minimum absolute atomic E-state index is 0.0140. The number of carboxylic acid groups (broad SMARTS) is 1. The minimum atomic E-state index is -0.768. The van der Waals surface area contributed by atoms with E-state index in [1.54, 1.807) is 0 Å². The lowest BCUT2D eigenvalue weighted by atomic mass is 10.1. The first-order chi connectivity index (χ1) is 6.27. The first kappa shape index (κ1) is 8.52. The average molecular weight is 183 g/mol. The first-order valence-electron chi connectivity index (χ1n) is 4.41. The zero-order valence-electron chi connectivity index (χ0n) is 7.23. The standard InChI is InChI=1S/C8H13N3O2/c12-7(13)6-2-5-11-4-1-3-9-8(11)10-6/h1,3,6,8-10H,2,4-5H2,(H,12,13). The van der Waals surface area contributed by atoms with Crippen LogP contribution in [0.5, 0.6) is 0 Å². The van der Waals surface area contributed by atoms with Crippen LogP contribution >= 0.6 is 0 Å². The smallest absolute Gasteiger partial charge is 0.320 e. The SMILES string of the molecule is O=C(O)C1CCN2CC=CNC2N1. The number of aliphatic carboxylic acids is 1. The zero-order valence-corrected chi connectivity index (χ0v) is 7.23. The number of carbonyl (C=O) groups is 1. The molecular formula is C8H13N3O2. The van der Waals surface area contributed by atoms with Gasteiger partial charge in [0.05, 0.1) is 0 Å². The third kappa shape index (κ3) is 1.66. The molecule has 0 aromatic carbocycles. The summed E-state index contributed by atoms with van der Waals surface area (Å²) in [6.07, 6.45) is 4.54. The molecule has 2 aliphatic rings. The maximum Gasteiger partial charge on any atom is 0.320 e. The van der Waals surface area contributed by atoms with Crippen molar-refractivity contribution in [3.63, 3.8) is 0 Å². The Bertz CT molecular complexity index is 242. The molecule has 72 valence electrons. The van der Waals surface area contributed by atoms with Crippen LogP contribution in [0.2, 0.25) is 0 Å². The molecule has 1 fully saturated rings. The quantitative estimate of drug-likeness (QED) is 0.493. The van der Waals surface area contributed by atoms with Gasteiger partial charge in [0.1, 0.15) is 12.3 Å². The number of fused-ring (bicyclic) bond motifs is 1. The van der Waals surface area contributed by atoms with Crippen LogP contribution in [-0.4, -0.2) is 41.4 Å². The van der Waals surface area contributed by atoms with Gasteiger partial charge in [-0.05, 0) is 12.6 Å². The zero-order chi connectivity index (χ0) is 9.26. The van der Waals surface area contributed by atoms with Crippen LogP contribution in [0.15, 0.2) is 12.3 Å². The van der Waals surface area contributed by atoms with E-state index in [9.17, 15) is 4.79 Å². The fourth-order valence-electron chi connectivity index (χ4n) is 1.70. The summed E-state index contributed by atoms with van der Waals surface area (Å²) in [5.74, 6) is -0.768. The fraction of sp³-hybridized carbons (Fsp3) is 0.625. The predicted octanol–water partition coefficient (Wildman–Crippen LogP) is -0.865. The molecule has 0 spiro atoms. The Morgan fingerprint density at radius 1 is 1.62 bits per heavy atom. The summed E-state index contributed by atoms with van der Waals surface area (Å²) < 4.78 is 0. The van der Waals surface area contributed by atoms with E-state index in [4.69, 9.17) is 5.11 Å². The summed E-state index contributed by atoms with van der Waals surface area (Å²) in [5.41, 5.74) is 0. The minimum Gasteiger partial charge on any atom is -0.480 e. The van der Waals surface area contributed by atoms with Gasteiger partial charge >= 0.3 is 5.97 Å². The summed E-state index contributed by atoms with van der Waals surface area (Å²) in [7, 11) is 0. The molecule has 0 aliphatic carbocycles. The average Bonchev–Trinajstić information content (AvgIpc) is 2.17. The third-order valence-corrected chi connectivity index (χ3v) is 2.44. The van der Waals surface area contributed by atoms with Gasteiger partial charge in [0.25, 0.3) is 0 Å². The van der Waals surface area contributed by atoms with E-state index in [0.717, 1.165) is 13.1 Å². The molecule has 2 heterocycles. The van der Waals surface area contributed by atoms with Crippen LogP contribution in [0, 0.1) is 0 Å². The molecule has 2 rings (SSSR count). The van der Waals surface area contributed by atoms with Gasteiger partial charge in [-0.2, -0.15) is 0 Å². The van der Waals surface area contributed by atoms with E-state index in [1.807, 2.05) is 12.3 Å². The predicted molar refractivity (Wildman–Crippen MR) is 46.8 cm³/mol. The topological polar surface area (TPSA) is 64.6 Å². The summed E-state index contributed by atoms with van der Waals surface area (Å²) in [6, 6.07) is -0.416. The number of hydrogen-bond acceptors (Lipinski definition) is 4. The second-order valence-corrected chi connectivity index (χ2v) is 3.31. The van der Waals surface area contributed by atoms with Gasteiger partial charge in [-0.25, -0.2) is 0 Å². The molecule has 0 radical (unpaired) electrons.